The molecule has 0 N–H and O–H groups in total. The van der Waals surface area contributed by atoms with Crippen LogP contribution in [0.3, 0.4) is 0 Å². The highest BCUT2D eigenvalue weighted by Gasteiger charge is 2.22. The molecule has 0 saturated carbocycles. The van der Waals surface area contributed by atoms with E-state index in [1.54, 1.807) is 18.3 Å². The quantitative estimate of drug-likeness (QED) is 0.184. The van der Waals surface area contributed by atoms with Gasteiger partial charge >= 0.3 is 5.69 Å². The van der Waals surface area contributed by atoms with Gasteiger partial charge in [0, 0.05) is 12.3 Å². The van der Waals surface area contributed by atoms with Gasteiger partial charge in [-0.2, -0.15) is 0 Å². The fraction of sp³-hybridized carbons (Fsp3) is 0.0952. The minimum atomic E-state index is -0.727. The van der Waals surface area contributed by atoms with Crippen LogP contribution in [0.5, 0.6) is 11.5 Å². The van der Waals surface area contributed by atoms with Crippen molar-refractivity contribution in [1.82, 2.24) is 0 Å². The van der Waals surface area contributed by atoms with Crippen LogP contribution >= 0.6 is 31.9 Å². The third-order valence-electron chi connectivity index (χ3n) is 4.44. The first-order chi connectivity index (χ1) is 14.7. The van der Waals surface area contributed by atoms with E-state index in [9.17, 15) is 20.2 Å². The third-order valence-corrected chi connectivity index (χ3v) is 5.61. The van der Waals surface area contributed by atoms with Gasteiger partial charge in [-0.15, -0.1) is 0 Å². The van der Waals surface area contributed by atoms with Gasteiger partial charge in [-0.1, -0.05) is 6.07 Å². The van der Waals surface area contributed by atoms with E-state index in [1.165, 1.54) is 11.6 Å². The van der Waals surface area contributed by atoms with Gasteiger partial charge in [-0.3, -0.25) is 25.2 Å². The van der Waals surface area contributed by atoms with Gasteiger partial charge in [0.2, 0.25) is 5.75 Å². The summed E-state index contributed by atoms with van der Waals surface area (Å²) in [6.07, 6.45) is 1.69. The average molecular weight is 549 g/mol. The SMILES string of the molecule is Cc1ccc(N=Cc2cc(Br)c(Oc3ccc([N+](=O)[O-])cc3[N+](=O)[O-])c(Br)c2)cc1C. The molecule has 0 fully saturated rings. The molecule has 0 amide bonds. The maximum absolute atomic E-state index is 11.3. The van der Waals surface area contributed by atoms with Gasteiger partial charge < -0.3 is 4.74 Å². The van der Waals surface area contributed by atoms with Crippen molar-refractivity contribution >= 4 is 55.1 Å². The number of aryl methyl sites for hydroxylation is 2. The Labute approximate surface area is 194 Å². The van der Waals surface area contributed by atoms with Crippen LogP contribution in [0.1, 0.15) is 16.7 Å². The molecule has 0 aliphatic heterocycles. The highest BCUT2D eigenvalue weighted by atomic mass is 79.9. The second-order valence-electron chi connectivity index (χ2n) is 6.61. The van der Waals surface area contributed by atoms with E-state index in [0.29, 0.717) is 14.7 Å². The molecular weight excluding hydrogens is 534 g/mol. The van der Waals surface area contributed by atoms with E-state index in [0.717, 1.165) is 28.9 Å². The molecule has 0 spiro atoms. The zero-order valence-corrected chi connectivity index (χ0v) is 19.5. The topological polar surface area (TPSA) is 108 Å². The lowest BCUT2D eigenvalue weighted by Gasteiger charge is -2.11. The number of hydrogen-bond acceptors (Lipinski definition) is 6. The lowest BCUT2D eigenvalue weighted by molar-refractivity contribution is -0.394. The fourth-order valence-corrected chi connectivity index (χ4v) is 4.05. The van der Waals surface area contributed by atoms with E-state index < -0.39 is 21.2 Å². The molecule has 0 radical (unpaired) electrons. The van der Waals surface area contributed by atoms with Gasteiger partial charge in [-0.05, 0) is 92.7 Å². The molecule has 3 rings (SSSR count). The van der Waals surface area contributed by atoms with Crippen molar-refractivity contribution in [1.29, 1.82) is 0 Å². The summed E-state index contributed by atoms with van der Waals surface area (Å²) in [4.78, 5) is 25.3. The molecular formula is C21H15Br2N3O5. The summed E-state index contributed by atoms with van der Waals surface area (Å²) in [5, 5.41) is 22.2. The minimum absolute atomic E-state index is 0.117. The first-order valence-electron chi connectivity index (χ1n) is 8.86. The molecule has 3 aromatic carbocycles. The van der Waals surface area contributed by atoms with Crippen molar-refractivity contribution in [2.75, 3.05) is 0 Å². The molecule has 0 atom stereocenters. The molecule has 0 aliphatic carbocycles. The molecule has 0 heterocycles. The molecule has 158 valence electrons. The Kier molecular flexibility index (Phi) is 6.81. The number of benzene rings is 3. The van der Waals surface area contributed by atoms with Crippen LogP contribution in [-0.4, -0.2) is 16.1 Å². The Morgan fingerprint density at radius 1 is 0.903 bits per heavy atom. The van der Waals surface area contributed by atoms with Crippen LogP contribution in [0.4, 0.5) is 17.1 Å². The number of halogens is 2. The predicted molar refractivity (Wildman–Crippen MR) is 125 cm³/mol. The molecule has 3 aromatic rings. The predicted octanol–water partition coefficient (Wildman–Crippen LogP) is 7.19. The molecule has 0 saturated heterocycles. The summed E-state index contributed by atoms with van der Waals surface area (Å²) >= 11 is 6.81. The van der Waals surface area contributed by atoms with E-state index in [4.69, 9.17) is 4.74 Å². The highest BCUT2D eigenvalue weighted by molar-refractivity contribution is 9.11. The van der Waals surface area contributed by atoms with E-state index in [1.807, 2.05) is 32.0 Å². The standard InChI is InChI=1S/C21H15Br2N3O5/c1-12-3-4-15(7-13(12)2)24-11-14-8-17(22)21(18(23)9-14)31-20-6-5-16(25(27)28)10-19(20)26(29)30/h3-11H,1-2H3. The minimum Gasteiger partial charge on any atom is -0.448 e. The Morgan fingerprint density at radius 3 is 2.16 bits per heavy atom. The second kappa shape index (κ2) is 9.36. The lowest BCUT2D eigenvalue weighted by Crippen LogP contribution is -1.97. The molecule has 8 nitrogen and oxygen atoms in total. The summed E-state index contributed by atoms with van der Waals surface area (Å²) < 4.78 is 6.76. The number of rotatable bonds is 6. The summed E-state index contributed by atoms with van der Waals surface area (Å²) in [5.74, 6) is 0.175. The molecule has 31 heavy (non-hydrogen) atoms. The zero-order chi connectivity index (χ0) is 22.7. The summed E-state index contributed by atoms with van der Waals surface area (Å²) in [6.45, 7) is 4.05. The Bertz CT molecular complexity index is 1200. The van der Waals surface area contributed by atoms with Crippen LogP contribution in [0.2, 0.25) is 0 Å². The summed E-state index contributed by atoms with van der Waals surface area (Å²) in [6, 6.07) is 12.6. The monoisotopic (exact) mass is 547 g/mol. The molecule has 0 aliphatic rings. The largest absolute Gasteiger partial charge is 0.448 e. The average Bonchev–Trinajstić information content (AvgIpc) is 2.71. The molecule has 0 unspecified atom stereocenters. The van der Waals surface area contributed by atoms with Crippen LogP contribution in [0.25, 0.3) is 0 Å². The number of hydrogen-bond donors (Lipinski definition) is 0. The summed E-state index contributed by atoms with van der Waals surface area (Å²) in [5.41, 5.74) is 3.01. The molecule has 0 aromatic heterocycles. The number of nitro benzene ring substituents is 2. The van der Waals surface area contributed by atoms with Gasteiger partial charge in [0.1, 0.15) is 0 Å². The van der Waals surface area contributed by atoms with Crippen molar-refractivity contribution in [2.24, 2.45) is 4.99 Å². The van der Waals surface area contributed by atoms with Gasteiger partial charge in [-0.25, -0.2) is 0 Å². The van der Waals surface area contributed by atoms with Gasteiger partial charge in [0.05, 0.1) is 30.5 Å². The smallest absolute Gasteiger partial charge is 0.318 e. The van der Waals surface area contributed by atoms with Crippen molar-refractivity contribution in [2.45, 2.75) is 13.8 Å². The fourth-order valence-electron chi connectivity index (χ4n) is 2.66. The van der Waals surface area contributed by atoms with E-state index in [-0.39, 0.29) is 5.75 Å². The Morgan fingerprint density at radius 2 is 1.58 bits per heavy atom. The van der Waals surface area contributed by atoms with Crippen molar-refractivity contribution in [3.05, 3.63) is 94.4 Å². The second-order valence-corrected chi connectivity index (χ2v) is 8.32. The van der Waals surface area contributed by atoms with Crippen molar-refractivity contribution < 1.29 is 14.6 Å². The number of nitrogens with zero attached hydrogens (tertiary/aromatic N) is 3. The summed E-state index contributed by atoms with van der Waals surface area (Å²) in [7, 11) is 0. The normalized spacial score (nSPS) is 11.0. The number of non-ortho nitro benzene ring substituents is 1. The van der Waals surface area contributed by atoms with Gasteiger partial charge in [0.15, 0.2) is 5.75 Å². The maximum atomic E-state index is 11.3. The zero-order valence-electron chi connectivity index (χ0n) is 16.3. The van der Waals surface area contributed by atoms with Crippen molar-refractivity contribution in [3.8, 4) is 11.5 Å². The number of nitro groups is 2. The number of aliphatic imine (C=N–C) groups is 1. The third kappa shape index (κ3) is 5.33. The van der Waals surface area contributed by atoms with Crippen molar-refractivity contribution in [3.63, 3.8) is 0 Å². The maximum Gasteiger partial charge on any atom is 0.318 e. The number of ether oxygens (including phenoxy) is 1. The highest BCUT2D eigenvalue weighted by Crippen LogP contribution is 2.41. The van der Waals surface area contributed by atoms with Gasteiger partial charge in [0.25, 0.3) is 5.69 Å². The van der Waals surface area contributed by atoms with Crippen LogP contribution in [0, 0.1) is 34.1 Å². The Hall–Kier alpha value is -3.11. The van der Waals surface area contributed by atoms with Crippen LogP contribution < -0.4 is 4.74 Å². The van der Waals surface area contributed by atoms with Crippen LogP contribution in [-0.2, 0) is 0 Å². The molecule has 10 heteroatoms. The first kappa shape index (κ1) is 22.6. The Balaban J connectivity index is 1.91. The van der Waals surface area contributed by atoms with Crippen LogP contribution in [0.15, 0.2) is 62.5 Å². The first-order valence-corrected chi connectivity index (χ1v) is 10.5. The van der Waals surface area contributed by atoms with E-state index >= 15 is 0 Å². The molecule has 0 bridgehead atoms. The lowest BCUT2D eigenvalue weighted by atomic mass is 10.1. The van der Waals surface area contributed by atoms with E-state index in [2.05, 4.69) is 36.9 Å².